The van der Waals surface area contributed by atoms with Crippen molar-refractivity contribution in [3.63, 3.8) is 0 Å². The fraction of sp³-hybridized carbons (Fsp3) is 0.0667. The predicted molar refractivity (Wildman–Crippen MR) is 79.2 cm³/mol. The lowest BCUT2D eigenvalue weighted by Gasteiger charge is -2.07. The first-order valence-electron chi connectivity index (χ1n) is 6.01. The summed E-state index contributed by atoms with van der Waals surface area (Å²) in [7, 11) is 0. The van der Waals surface area contributed by atoms with Crippen molar-refractivity contribution in [1.82, 2.24) is 0 Å². The summed E-state index contributed by atoms with van der Waals surface area (Å²) >= 11 is 5.96. The van der Waals surface area contributed by atoms with E-state index in [4.69, 9.17) is 17.3 Å². The van der Waals surface area contributed by atoms with Crippen molar-refractivity contribution < 1.29 is 9.59 Å². The zero-order valence-corrected chi connectivity index (χ0v) is 11.4. The van der Waals surface area contributed by atoms with Crippen molar-refractivity contribution in [2.24, 2.45) is 5.73 Å². The van der Waals surface area contributed by atoms with Gasteiger partial charge in [-0.25, -0.2) is 0 Å². The molecule has 0 fully saturated rings. The van der Waals surface area contributed by atoms with Crippen LogP contribution >= 0.6 is 11.6 Å². The fourth-order valence-corrected chi connectivity index (χ4v) is 1.95. The Labute approximate surface area is 121 Å². The van der Waals surface area contributed by atoms with Gasteiger partial charge < -0.3 is 11.1 Å². The van der Waals surface area contributed by atoms with E-state index in [2.05, 4.69) is 5.32 Å². The van der Waals surface area contributed by atoms with Gasteiger partial charge >= 0.3 is 0 Å². The summed E-state index contributed by atoms with van der Waals surface area (Å²) in [6.45, 7) is -0.0675. The molecule has 2 rings (SSSR count). The van der Waals surface area contributed by atoms with Crippen LogP contribution in [0, 0.1) is 0 Å². The molecule has 20 heavy (non-hydrogen) atoms. The van der Waals surface area contributed by atoms with Gasteiger partial charge in [0, 0.05) is 11.3 Å². The molecule has 0 aliphatic heterocycles. The van der Waals surface area contributed by atoms with Gasteiger partial charge in [-0.2, -0.15) is 0 Å². The van der Waals surface area contributed by atoms with E-state index in [1.54, 1.807) is 48.5 Å². The van der Waals surface area contributed by atoms with Crippen LogP contribution in [0.15, 0.2) is 48.5 Å². The number of rotatable bonds is 4. The number of Topliss-reactive ketones (excluding diaryl/α,β-unsaturated/α-hetero) is 1. The lowest BCUT2D eigenvalue weighted by molar-refractivity contribution is 0.0997. The van der Waals surface area contributed by atoms with Crippen LogP contribution in [-0.2, 0) is 0 Å². The molecule has 0 unspecified atom stereocenters. The summed E-state index contributed by atoms with van der Waals surface area (Å²) in [5, 5.41) is 3.08. The molecule has 0 atom stereocenters. The van der Waals surface area contributed by atoms with Gasteiger partial charge in [0.1, 0.15) is 0 Å². The lowest BCUT2D eigenvalue weighted by Crippen LogP contribution is -2.15. The number of nitrogens with one attached hydrogen (secondary N) is 1. The van der Waals surface area contributed by atoms with E-state index in [-0.39, 0.29) is 18.2 Å². The largest absolute Gasteiger partial charge is 0.324 e. The number of nitrogens with two attached hydrogens (primary N) is 1. The molecular weight excluding hydrogens is 276 g/mol. The molecule has 0 aliphatic carbocycles. The monoisotopic (exact) mass is 288 g/mol. The fourth-order valence-electron chi connectivity index (χ4n) is 1.73. The molecule has 4 nitrogen and oxygen atoms in total. The topological polar surface area (TPSA) is 72.2 Å². The molecule has 0 saturated carbocycles. The summed E-state index contributed by atoms with van der Waals surface area (Å²) in [6.07, 6.45) is 0. The number of halogens is 1. The average Bonchev–Trinajstić information content (AvgIpc) is 2.47. The molecule has 0 radical (unpaired) electrons. The SMILES string of the molecule is NCC(=O)c1cccc(NC(=O)c2ccccc2Cl)c1. The average molecular weight is 289 g/mol. The first kappa shape index (κ1) is 14.2. The third kappa shape index (κ3) is 3.23. The number of carbonyl (C=O) groups is 2. The van der Waals surface area contributed by atoms with Crippen LogP contribution in [0.4, 0.5) is 5.69 Å². The summed E-state index contributed by atoms with van der Waals surface area (Å²) in [6, 6.07) is 13.4. The third-order valence-corrected chi connectivity index (χ3v) is 3.08. The minimum Gasteiger partial charge on any atom is -0.324 e. The number of carbonyl (C=O) groups excluding carboxylic acids is 2. The molecule has 2 aromatic rings. The molecule has 0 aliphatic rings. The second kappa shape index (κ2) is 6.32. The first-order chi connectivity index (χ1) is 9.61. The summed E-state index contributed by atoms with van der Waals surface area (Å²) in [5.41, 5.74) is 6.68. The Bertz CT molecular complexity index is 656. The van der Waals surface area contributed by atoms with E-state index in [1.807, 2.05) is 0 Å². The zero-order valence-electron chi connectivity index (χ0n) is 10.6. The Morgan fingerprint density at radius 2 is 1.85 bits per heavy atom. The maximum atomic E-state index is 12.1. The maximum Gasteiger partial charge on any atom is 0.257 e. The number of hydrogen-bond acceptors (Lipinski definition) is 3. The van der Waals surface area contributed by atoms with Crippen LogP contribution in [0.5, 0.6) is 0 Å². The smallest absolute Gasteiger partial charge is 0.257 e. The molecule has 0 aromatic heterocycles. The number of hydrogen-bond donors (Lipinski definition) is 2. The highest BCUT2D eigenvalue weighted by Crippen LogP contribution is 2.18. The lowest BCUT2D eigenvalue weighted by atomic mass is 10.1. The molecule has 5 heteroatoms. The zero-order chi connectivity index (χ0) is 14.5. The van der Waals surface area contributed by atoms with Gasteiger partial charge in [-0.3, -0.25) is 9.59 Å². The molecule has 0 heterocycles. The van der Waals surface area contributed by atoms with Crippen LogP contribution in [-0.4, -0.2) is 18.2 Å². The number of benzene rings is 2. The van der Waals surface area contributed by atoms with Crippen LogP contribution in [0.2, 0.25) is 5.02 Å². The Balaban J connectivity index is 2.20. The summed E-state index contributed by atoms with van der Waals surface area (Å²) < 4.78 is 0. The number of amides is 1. The van der Waals surface area contributed by atoms with E-state index in [9.17, 15) is 9.59 Å². The number of ketones is 1. The van der Waals surface area contributed by atoms with Gasteiger partial charge in [-0.15, -0.1) is 0 Å². The summed E-state index contributed by atoms with van der Waals surface area (Å²) in [5.74, 6) is -0.508. The second-order valence-corrected chi connectivity index (χ2v) is 4.55. The Kier molecular flexibility index (Phi) is 4.50. The van der Waals surface area contributed by atoms with Crippen molar-refractivity contribution in [3.8, 4) is 0 Å². The Morgan fingerprint density at radius 1 is 1.10 bits per heavy atom. The van der Waals surface area contributed by atoms with E-state index in [1.165, 1.54) is 0 Å². The molecular formula is C15H13ClN2O2. The van der Waals surface area contributed by atoms with Crippen molar-refractivity contribution in [2.75, 3.05) is 11.9 Å². The van der Waals surface area contributed by atoms with Crippen molar-refractivity contribution in [1.29, 1.82) is 0 Å². The van der Waals surface area contributed by atoms with Crippen molar-refractivity contribution in [2.45, 2.75) is 0 Å². The van der Waals surface area contributed by atoms with Crippen LogP contribution in [0.25, 0.3) is 0 Å². The van der Waals surface area contributed by atoms with Gasteiger partial charge in [0.15, 0.2) is 5.78 Å². The quantitative estimate of drug-likeness (QED) is 0.850. The maximum absolute atomic E-state index is 12.1. The number of anilines is 1. The molecule has 102 valence electrons. The van der Waals surface area contributed by atoms with Crippen LogP contribution in [0.3, 0.4) is 0 Å². The van der Waals surface area contributed by atoms with E-state index >= 15 is 0 Å². The van der Waals surface area contributed by atoms with Gasteiger partial charge in [0.05, 0.1) is 17.1 Å². The van der Waals surface area contributed by atoms with Crippen molar-refractivity contribution >= 4 is 29.0 Å². The molecule has 0 saturated heterocycles. The standard InChI is InChI=1S/C15H13ClN2O2/c16-13-7-2-1-6-12(13)15(20)18-11-5-3-4-10(8-11)14(19)9-17/h1-8H,9,17H2,(H,18,20). The normalized spacial score (nSPS) is 10.1. The second-order valence-electron chi connectivity index (χ2n) is 4.14. The highest BCUT2D eigenvalue weighted by atomic mass is 35.5. The van der Waals surface area contributed by atoms with E-state index < -0.39 is 0 Å². The molecule has 0 bridgehead atoms. The van der Waals surface area contributed by atoms with Crippen LogP contribution in [0.1, 0.15) is 20.7 Å². The third-order valence-electron chi connectivity index (χ3n) is 2.75. The predicted octanol–water partition coefficient (Wildman–Crippen LogP) is 2.73. The highest BCUT2D eigenvalue weighted by molar-refractivity contribution is 6.34. The van der Waals surface area contributed by atoms with Gasteiger partial charge in [-0.05, 0) is 24.3 Å². The first-order valence-corrected chi connectivity index (χ1v) is 6.39. The van der Waals surface area contributed by atoms with Crippen LogP contribution < -0.4 is 11.1 Å². The van der Waals surface area contributed by atoms with Gasteiger partial charge in [0.2, 0.25) is 0 Å². The van der Waals surface area contributed by atoms with Gasteiger partial charge in [0.25, 0.3) is 5.91 Å². The molecule has 3 N–H and O–H groups in total. The van der Waals surface area contributed by atoms with Crippen molar-refractivity contribution in [3.05, 3.63) is 64.7 Å². The minimum absolute atomic E-state index is 0.0675. The molecule has 2 aromatic carbocycles. The Hall–Kier alpha value is -2.17. The Morgan fingerprint density at radius 3 is 2.55 bits per heavy atom. The van der Waals surface area contributed by atoms with Gasteiger partial charge in [-0.1, -0.05) is 35.9 Å². The van der Waals surface area contributed by atoms with E-state index in [0.717, 1.165) is 0 Å². The highest BCUT2D eigenvalue weighted by Gasteiger charge is 2.10. The minimum atomic E-state index is -0.326. The molecule has 1 amide bonds. The molecule has 0 spiro atoms. The summed E-state index contributed by atoms with van der Waals surface area (Å²) in [4.78, 5) is 23.6. The van der Waals surface area contributed by atoms with E-state index in [0.29, 0.717) is 21.8 Å².